The summed E-state index contributed by atoms with van der Waals surface area (Å²) >= 11 is 0. The molecule has 0 spiro atoms. The van der Waals surface area contributed by atoms with Crippen LogP contribution in [0.2, 0.25) is 0 Å². The highest BCUT2D eigenvalue weighted by Gasteiger charge is 2.44. The quantitative estimate of drug-likeness (QED) is 0.101. The SMILES string of the molecule is C=CCC1(c2ccc3ccccc3c2)c2cc(/C=C/c3ccc4c(c3)c3ccccc3n4-c3ccccc3)ccc2-c2ccc(/C=C/c3ccc4c(c3)c3ccccc3n4-c3ccccc3)cc21. The van der Waals surface area contributed by atoms with Crippen molar-refractivity contribution in [3.63, 3.8) is 0 Å². The molecular weight excluding hydrogens is 821 g/mol. The summed E-state index contributed by atoms with van der Waals surface area (Å²) in [6.07, 6.45) is 12.0. The summed E-state index contributed by atoms with van der Waals surface area (Å²) in [6.45, 7) is 4.40. The molecule has 0 N–H and O–H groups in total. The molecule has 2 aromatic heterocycles. The van der Waals surface area contributed by atoms with Crippen molar-refractivity contribution in [1.29, 1.82) is 0 Å². The average molecular weight is 867 g/mol. The molecular formula is C66H46N2. The van der Waals surface area contributed by atoms with Crippen LogP contribution in [0.3, 0.4) is 0 Å². The molecule has 0 saturated heterocycles. The highest BCUT2D eigenvalue weighted by Crippen LogP contribution is 2.55. The van der Waals surface area contributed by atoms with Gasteiger partial charge in [0.25, 0.3) is 0 Å². The molecule has 0 radical (unpaired) electrons. The van der Waals surface area contributed by atoms with Gasteiger partial charge in [0.1, 0.15) is 0 Å². The summed E-state index contributed by atoms with van der Waals surface area (Å²) in [5.41, 5.74) is 17.9. The van der Waals surface area contributed by atoms with Crippen LogP contribution in [0.25, 0.3) is 101 Å². The third-order valence-electron chi connectivity index (χ3n) is 14.3. The second kappa shape index (κ2) is 16.0. The van der Waals surface area contributed by atoms with Gasteiger partial charge in [-0.3, -0.25) is 0 Å². The van der Waals surface area contributed by atoms with Crippen LogP contribution in [0, 0.1) is 0 Å². The lowest BCUT2D eigenvalue weighted by molar-refractivity contribution is 0.646. The van der Waals surface area contributed by atoms with Crippen molar-refractivity contribution in [1.82, 2.24) is 9.13 Å². The van der Waals surface area contributed by atoms with Gasteiger partial charge in [0.2, 0.25) is 0 Å². The van der Waals surface area contributed by atoms with Gasteiger partial charge >= 0.3 is 0 Å². The van der Waals surface area contributed by atoms with Gasteiger partial charge in [0.05, 0.1) is 22.1 Å². The van der Waals surface area contributed by atoms with Crippen LogP contribution < -0.4 is 0 Å². The molecule has 2 heterocycles. The minimum atomic E-state index is -0.444. The fraction of sp³-hybridized carbons (Fsp3) is 0.0303. The second-order valence-corrected chi connectivity index (χ2v) is 18.2. The van der Waals surface area contributed by atoms with E-state index in [1.165, 1.54) is 116 Å². The Balaban J connectivity index is 0.904. The van der Waals surface area contributed by atoms with E-state index in [4.69, 9.17) is 0 Å². The normalized spacial score (nSPS) is 13.1. The van der Waals surface area contributed by atoms with E-state index in [1.807, 2.05) is 0 Å². The molecule has 320 valence electrons. The van der Waals surface area contributed by atoms with E-state index in [9.17, 15) is 0 Å². The zero-order valence-electron chi connectivity index (χ0n) is 37.6. The molecule has 0 bridgehead atoms. The summed E-state index contributed by atoms with van der Waals surface area (Å²) < 4.78 is 4.74. The molecule has 1 aliphatic carbocycles. The zero-order chi connectivity index (χ0) is 45.2. The van der Waals surface area contributed by atoms with E-state index in [0.29, 0.717) is 0 Å². The molecule has 13 rings (SSSR count). The predicted octanol–water partition coefficient (Wildman–Crippen LogP) is 17.3. The first-order valence-electron chi connectivity index (χ1n) is 23.6. The Morgan fingerprint density at radius 2 is 0.779 bits per heavy atom. The Morgan fingerprint density at radius 1 is 0.353 bits per heavy atom. The first kappa shape index (κ1) is 39.6. The number of para-hydroxylation sites is 4. The highest BCUT2D eigenvalue weighted by molar-refractivity contribution is 6.11. The van der Waals surface area contributed by atoms with Crippen molar-refractivity contribution >= 4 is 78.7 Å². The first-order valence-corrected chi connectivity index (χ1v) is 23.6. The Bertz CT molecular complexity index is 3790. The van der Waals surface area contributed by atoms with Crippen molar-refractivity contribution < 1.29 is 0 Å². The van der Waals surface area contributed by atoms with Gasteiger partial charge in [-0.15, -0.1) is 6.58 Å². The van der Waals surface area contributed by atoms with Crippen molar-refractivity contribution in [2.45, 2.75) is 11.8 Å². The zero-order valence-corrected chi connectivity index (χ0v) is 37.6. The number of aromatic nitrogens is 2. The van der Waals surface area contributed by atoms with Crippen molar-refractivity contribution in [2.75, 3.05) is 0 Å². The van der Waals surface area contributed by atoms with Gasteiger partial charge in [0.15, 0.2) is 0 Å². The summed E-state index contributed by atoms with van der Waals surface area (Å²) in [4.78, 5) is 0. The number of nitrogens with zero attached hydrogens (tertiary/aromatic N) is 2. The van der Waals surface area contributed by atoms with E-state index in [0.717, 1.165) is 6.42 Å². The largest absolute Gasteiger partial charge is 0.309 e. The molecule has 1 aliphatic rings. The van der Waals surface area contributed by atoms with Gasteiger partial charge in [0, 0.05) is 38.3 Å². The van der Waals surface area contributed by atoms with Crippen LogP contribution in [0.15, 0.2) is 237 Å². The average Bonchev–Trinajstić information content (AvgIpc) is 4.01. The van der Waals surface area contributed by atoms with Crippen LogP contribution in [0.4, 0.5) is 0 Å². The third kappa shape index (κ3) is 6.33. The Labute approximate surface area is 396 Å². The fourth-order valence-electron chi connectivity index (χ4n) is 11.3. The standard InChI is InChI=1S/C66H46N2/c1-2-39-66(51-34-33-49-15-9-10-16-50(49)44-51)60-42-47(27-25-45-31-37-64-58(40-45)56-21-11-13-23-62(56)67(64)52-17-5-3-6-18-52)29-35-54(60)55-36-30-48(43-61(55)66)28-26-46-32-38-65-59(41-46)57-22-12-14-24-63(57)68(65)53-19-7-4-8-20-53/h2-38,40-44H,1,39H2/b27-25+,28-26+. The molecule has 0 aliphatic heterocycles. The monoisotopic (exact) mass is 866 g/mol. The van der Waals surface area contributed by atoms with Crippen LogP contribution in [-0.4, -0.2) is 9.13 Å². The van der Waals surface area contributed by atoms with Gasteiger partial charge in [-0.25, -0.2) is 0 Å². The molecule has 0 fully saturated rings. The van der Waals surface area contributed by atoms with Crippen LogP contribution in [0.1, 0.15) is 45.4 Å². The van der Waals surface area contributed by atoms with Crippen molar-refractivity contribution in [3.8, 4) is 22.5 Å². The minimum Gasteiger partial charge on any atom is -0.309 e. The molecule has 12 aromatic rings. The summed E-state index contributed by atoms with van der Waals surface area (Å²) in [5, 5.41) is 7.48. The maximum absolute atomic E-state index is 4.40. The molecule has 68 heavy (non-hydrogen) atoms. The Kier molecular flexibility index (Phi) is 9.33. The lowest BCUT2D eigenvalue weighted by atomic mass is 9.69. The molecule has 10 aromatic carbocycles. The van der Waals surface area contributed by atoms with Gasteiger partial charge in [-0.2, -0.15) is 0 Å². The second-order valence-electron chi connectivity index (χ2n) is 18.2. The number of hydrogen-bond donors (Lipinski definition) is 0. The summed E-state index contributed by atoms with van der Waals surface area (Å²) in [5.74, 6) is 0. The minimum absolute atomic E-state index is 0.444. The molecule has 2 nitrogen and oxygen atoms in total. The predicted molar refractivity (Wildman–Crippen MR) is 290 cm³/mol. The summed E-state index contributed by atoms with van der Waals surface area (Å²) in [7, 11) is 0. The third-order valence-corrected chi connectivity index (χ3v) is 14.3. The number of benzene rings is 10. The maximum atomic E-state index is 4.40. The van der Waals surface area contributed by atoms with E-state index in [1.54, 1.807) is 0 Å². The Morgan fingerprint density at radius 3 is 1.29 bits per heavy atom. The maximum Gasteiger partial charge on any atom is 0.0541 e. The van der Waals surface area contributed by atoms with Crippen LogP contribution in [0.5, 0.6) is 0 Å². The first-order chi connectivity index (χ1) is 33.6. The fourth-order valence-corrected chi connectivity index (χ4v) is 11.3. The molecule has 0 saturated carbocycles. The van der Waals surface area contributed by atoms with E-state index < -0.39 is 5.41 Å². The van der Waals surface area contributed by atoms with Crippen molar-refractivity contribution in [2.24, 2.45) is 0 Å². The molecule has 2 heteroatoms. The Hall–Kier alpha value is -8.72. The lowest BCUT2D eigenvalue weighted by Gasteiger charge is -2.33. The van der Waals surface area contributed by atoms with Crippen molar-refractivity contribution in [3.05, 3.63) is 276 Å². The number of allylic oxidation sites excluding steroid dienone is 1. The topological polar surface area (TPSA) is 9.86 Å². The van der Waals surface area contributed by atoms with E-state index in [-0.39, 0.29) is 0 Å². The number of hydrogen-bond acceptors (Lipinski definition) is 0. The van der Waals surface area contributed by atoms with Crippen LogP contribution in [-0.2, 0) is 5.41 Å². The molecule has 0 amide bonds. The van der Waals surface area contributed by atoms with Crippen LogP contribution >= 0.6 is 0 Å². The molecule has 0 atom stereocenters. The number of fused-ring (bicyclic) bond motifs is 10. The van der Waals surface area contributed by atoms with Gasteiger partial charge < -0.3 is 9.13 Å². The molecule has 0 unspecified atom stereocenters. The lowest BCUT2D eigenvalue weighted by Crippen LogP contribution is -2.26. The number of rotatable bonds is 9. The van der Waals surface area contributed by atoms with E-state index in [2.05, 4.69) is 271 Å². The summed E-state index contributed by atoms with van der Waals surface area (Å²) in [6, 6.07) is 82.3. The van der Waals surface area contributed by atoms with Gasteiger partial charge in [-0.05, 0) is 146 Å². The van der Waals surface area contributed by atoms with Gasteiger partial charge in [-0.1, -0.05) is 176 Å². The highest BCUT2D eigenvalue weighted by atomic mass is 15.0. The van der Waals surface area contributed by atoms with E-state index >= 15 is 0 Å². The smallest absolute Gasteiger partial charge is 0.0541 e.